The van der Waals surface area contributed by atoms with E-state index in [0.29, 0.717) is 5.56 Å². The molecule has 1 aromatic rings. The van der Waals surface area contributed by atoms with Gasteiger partial charge in [-0.15, -0.1) is 0 Å². The Morgan fingerprint density at radius 3 is 2.50 bits per heavy atom. The Morgan fingerprint density at radius 1 is 1.36 bits per heavy atom. The monoisotopic (exact) mass is 202 g/mol. The highest BCUT2D eigenvalue weighted by molar-refractivity contribution is 5.78. The zero-order valence-corrected chi connectivity index (χ0v) is 7.56. The first-order valence-electron chi connectivity index (χ1n) is 4.05. The fraction of sp³-hybridized carbons (Fsp3) is 0.300. The number of ketones is 1. The van der Waals surface area contributed by atoms with Crippen molar-refractivity contribution in [1.82, 2.24) is 0 Å². The summed E-state index contributed by atoms with van der Waals surface area (Å²) >= 11 is 0. The number of benzene rings is 1. The van der Waals surface area contributed by atoms with Crippen LogP contribution in [-0.2, 0) is 17.4 Å². The highest BCUT2D eigenvalue weighted by Crippen LogP contribution is 2.29. The van der Waals surface area contributed by atoms with Crippen LogP contribution in [0.1, 0.15) is 18.1 Å². The molecule has 0 bridgehead atoms. The van der Waals surface area contributed by atoms with Crippen LogP contribution in [0.3, 0.4) is 0 Å². The third-order valence-corrected chi connectivity index (χ3v) is 1.71. The van der Waals surface area contributed by atoms with Crippen LogP contribution in [0.5, 0.6) is 0 Å². The molecule has 4 heteroatoms. The van der Waals surface area contributed by atoms with Gasteiger partial charge in [0.05, 0.1) is 5.56 Å². The first-order valence-corrected chi connectivity index (χ1v) is 4.05. The molecule has 0 aliphatic heterocycles. The van der Waals surface area contributed by atoms with E-state index in [4.69, 9.17) is 0 Å². The molecule has 0 unspecified atom stereocenters. The lowest BCUT2D eigenvalue weighted by atomic mass is 10.1. The van der Waals surface area contributed by atoms with Gasteiger partial charge < -0.3 is 0 Å². The van der Waals surface area contributed by atoms with Crippen LogP contribution in [0.4, 0.5) is 13.2 Å². The van der Waals surface area contributed by atoms with Crippen molar-refractivity contribution in [2.24, 2.45) is 0 Å². The molecular formula is C10H9F3O. The largest absolute Gasteiger partial charge is 0.416 e. The minimum absolute atomic E-state index is 0.0456. The van der Waals surface area contributed by atoms with E-state index in [1.807, 2.05) is 0 Å². The van der Waals surface area contributed by atoms with E-state index in [9.17, 15) is 18.0 Å². The molecule has 0 saturated heterocycles. The number of hydrogen-bond acceptors (Lipinski definition) is 1. The average molecular weight is 202 g/mol. The molecule has 0 radical (unpaired) electrons. The predicted molar refractivity (Wildman–Crippen MR) is 45.8 cm³/mol. The molecule has 0 aliphatic carbocycles. The molecule has 0 saturated carbocycles. The lowest BCUT2D eigenvalue weighted by Gasteiger charge is -2.07. The second kappa shape index (κ2) is 3.82. The van der Waals surface area contributed by atoms with Crippen molar-refractivity contribution in [3.63, 3.8) is 0 Å². The van der Waals surface area contributed by atoms with Gasteiger partial charge in [-0.3, -0.25) is 4.79 Å². The van der Waals surface area contributed by atoms with Crippen molar-refractivity contribution in [3.8, 4) is 0 Å². The average Bonchev–Trinajstić information content (AvgIpc) is 2.01. The molecule has 0 aliphatic rings. The Balaban J connectivity index is 2.95. The lowest BCUT2D eigenvalue weighted by Crippen LogP contribution is -2.06. The summed E-state index contributed by atoms with van der Waals surface area (Å²) in [4.78, 5) is 10.7. The fourth-order valence-corrected chi connectivity index (χ4v) is 1.15. The zero-order chi connectivity index (χ0) is 10.8. The molecule has 76 valence electrons. The predicted octanol–water partition coefficient (Wildman–Crippen LogP) is 2.84. The van der Waals surface area contributed by atoms with Crippen LogP contribution in [0.25, 0.3) is 0 Å². The first-order chi connectivity index (χ1) is 6.39. The second-order valence-corrected chi connectivity index (χ2v) is 3.08. The van der Waals surface area contributed by atoms with E-state index in [2.05, 4.69) is 0 Å². The minimum atomic E-state index is -4.34. The zero-order valence-electron chi connectivity index (χ0n) is 7.56. The van der Waals surface area contributed by atoms with Gasteiger partial charge in [0, 0.05) is 6.42 Å². The number of hydrogen-bond donors (Lipinski definition) is 0. The number of alkyl halides is 3. The number of carbonyl (C=O) groups is 1. The maximum Gasteiger partial charge on any atom is 0.416 e. The summed E-state index contributed by atoms with van der Waals surface area (Å²) in [5, 5.41) is 0. The Morgan fingerprint density at radius 2 is 2.00 bits per heavy atom. The van der Waals surface area contributed by atoms with Crippen LogP contribution >= 0.6 is 0 Å². The quantitative estimate of drug-likeness (QED) is 0.720. The molecule has 14 heavy (non-hydrogen) atoms. The van der Waals surface area contributed by atoms with Gasteiger partial charge in [-0.25, -0.2) is 0 Å². The van der Waals surface area contributed by atoms with E-state index in [0.717, 1.165) is 12.1 Å². The highest BCUT2D eigenvalue weighted by Gasteiger charge is 2.30. The first kappa shape index (κ1) is 10.8. The van der Waals surface area contributed by atoms with Gasteiger partial charge >= 0.3 is 6.18 Å². The maximum atomic E-state index is 12.2. The number of halogens is 3. The molecule has 0 spiro atoms. The summed E-state index contributed by atoms with van der Waals surface area (Å²) < 4.78 is 36.7. The SMILES string of the molecule is CC(=O)Cc1cccc(C(F)(F)F)c1. The maximum absolute atomic E-state index is 12.2. The number of rotatable bonds is 2. The topological polar surface area (TPSA) is 17.1 Å². The summed E-state index contributed by atoms with van der Waals surface area (Å²) in [5.41, 5.74) is -0.316. The van der Waals surface area contributed by atoms with Crippen LogP contribution in [-0.4, -0.2) is 5.78 Å². The Kier molecular flexibility index (Phi) is 2.93. The molecule has 1 rings (SSSR count). The Bertz CT molecular complexity index is 341. The second-order valence-electron chi connectivity index (χ2n) is 3.08. The molecule has 0 atom stereocenters. The smallest absolute Gasteiger partial charge is 0.300 e. The van der Waals surface area contributed by atoms with Crippen molar-refractivity contribution in [2.45, 2.75) is 19.5 Å². The standard InChI is InChI=1S/C10H9F3O/c1-7(14)5-8-3-2-4-9(6-8)10(11,12)13/h2-4,6H,5H2,1H3. The summed E-state index contributed by atoms with van der Waals surface area (Å²) in [7, 11) is 0. The summed E-state index contributed by atoms with van der Waals surface area (Å²) in [6.07, 6.45) is -4.29. The van der Waals surface area contributed by atoms with Gasteiger partial charge in [-0.1, -0.05) is 18.2 Å². The molecule has 0 amide bonds. The molecule has 1 nitrogen and oxygen atoms in total. The minimum Gasteiger partial charge on any atom is -0.300 e. The molecular weight excluding hydrogens is 193 g/mol. The van der Waals surface area contributed by atoms with Crippen LogP contribution in [0, 0.1) is 0 Å². The Hall–Kier alpha value is -1.32. The van der Waals surface area contributed by atoms with E-state index >= 15 is 0 Å². The highest BCUT2D eigenvalue weighted by atomic mass is 19.4. The fourth-order valence-electron chi connectivity index (χ4n) is 1.15. The molecule has 0 N–H and O–H groups in total. The third-order valence-electron chi connectivity index (χ3n) is 1.71. The van der Waals surface area contributed by atoms with Crippen molar-refractivity contribution in [2.75, 3.05) is 0 Å². The molecule has 0 fully saturated rings. The van der Waals surface area contributed by atoms with Crippen molar-refractivity contribution in [1.29, 1.82) is 0 Å². The van der Waals surface area contributed by atoms with Gasteiger partial charge in [-0.2, -0.15) is 13.2 Å². The number of carbonyl (C=O) groups excluding carboxylic acids is 1. The van der Waals surface area contributed by atoms with Crippen LogP contribution in [0.2, 0.25) is 0 Å². The number of Topliss-reactive ketones (excluding diaryl/α,β-unsaturated/α-hetero) is 1. The van der Waals surface area contributed by atoms with Crippen molar-refractivity contribution >= 4 is 5.78 Å². The van der Waals surface area contributed by atoms with Crippen LogP contribution in [0.15, 0.2) is 24.3 Å². The van der Waals surface area contributed by atoms with E-state index in [1.54, 1.807) is 0 Å². The summed E-state index contributed by atoms with van der Waals surface area (Å²) in [6, 6.07) is 4.81. The molecule has 0 aromatic heterocycles. The van der Waals surface area contributed by atoms with E-state index < -0.39 is 11.7 Å². The van der Waals surface area contributed by atoms with Gasteiger partial charge in [0.2, 0.25) is 0 Å². The van der Waals surface area contributed by atoms with Gasteiger partial charge in [0.15, 0.2) is 0 Å². The summed E-state index contributed by atoms with van der Waals surface area (Å²) in [5.74, 6) is -0.149. The lowest BCUT2D eigenvalue weighted by molar-refractivity contribution is -0.137. The Labute approximate surface area is 79.5 Å². The van der Waals surface area contributed by atoms with E-state index in [1.165, 1.54) is 19.1 Å². The van der Waals surface area contributed by atoms with Crippen molar-refractivity contribution in [3.05, 3.63) is 35.4 Å². The third kappa shape index (κ3) is 2.87. The molecule has 0 heterocycles. The molecule has 1 aromatic carbocycles. The van der Waals surface area contributed by atoms with Crippen molar-refractivity contribution < 1.29 is 18.0 Å². The van der Waals surface area contributed by atoms with Gasteiger partial charge in [0.1, 0.15) is 5.78 Å². The van der Waals surface area contributed by atoms with E-state index in [-0.39, 0.29) is 12.2 Å². The normalized spacial score (nSPS) is 11.4. The summed E-state index contributed by atoms with van der Waals surface area (Å²) in [6.45, 7) is 1.35. The van der Waals surface area contributed by atoms with Gasteiger partial charge in [0.25, 0.3) is 0 Å². The van der Waals surface area contributed by atoms with Gasteiger partial charge in [-0.05, 0) is 18.6 Å². The van der Waals surface area contributed by atoms with Crippen LogP contribution < -0.4 is 0 Å².